The van der Waals surface area contributed by atoms with Crippen molar-refractivity contribution in [1.29, 1.82) is 0 Å². The Morgan fingerprint density at radius 1 is 1.23 bits per heavy atom. The molecule has 1 amide bonds. The largest absolute Gasteiger partial charge is 0.496 e. The molecule has 0 saturated carbocycles. The maximum absolute atomic E-state index is 12.1. The van der Waals surface area contributed by atoms with Crippen molar-refractivity contribution in [2.24, 2.45) is 4.99 Å². The number of para-hydroxylation sites is 1. The molecule has 1 heterocycles. The lowest BCUT2D eigenvalue weighted by molar-refractivity contribution is -0.130. The van der Waals surface area contributed by atoms with E-state index in [9.17, 15) is 4.79 Å². The van der Waals surface area contributed by atoms with Crippen molar-refractivity contribution in [2.45, 2.75) is 45.1 Å². The van der Waals surface area contributed by atoms with Gasteiger partial charge in [-0.25, -0.2) is 0 Å². The molecule has 1 unspecified atom stereocenters. The molecular weight excluding hydrogens is 378 g/mol. The number of carbonyl (C=O) groups is 1. The third-order valence-corrected chi connectivity index (χ3v) is 5.46. The summed E-state index contributed by atoms with van der Waals surface area (Å²) in [6.07, 6.45) is 4.94. The summed E-state index contributed by atoms with van der Waals surface area (Å²) < 4.78 is 5.55. The number of aliphatic imine (C=N–C) groups is 1. The van der Waals surface area contributed by atoms with Crippen LogP contribution in [0.5, 0.6) is 5.75 Å². The average Bonchev–Trinajstić information content (AvgIpc) is 2.95. The van der Waals surface area contributed by atoms with Gasteiger partial charge in [0.1, 0.15) is 5.75 Å². The van der Waals surface area contributed by atoms with Gasteiger partial charge in [-0.2, -0.15) is 0 Å². The Bertz CT molecular complexity index is 677. The number of nitrogens with zero attached hydrogens (tertiary/aromatic N) is 3. The van der Waals surface area contributed by atoms with Crippen molar-refractivity contribution in [1.82, 2.24) is 20.4 Å². The highest BCUT2D eigenvalue weighted by Gasteiger charge is 2.18. The van der Waals surface area contributed by atoms with Crippen LogP contribution in [0.3, 0.4) is 0 Å². The Morgan fingerprint density at radius 2 is 2.03 bits per heavy atom. The molecule has 1 aromatic rings. The second kappa shape index (κ2) is 13.1. The summed E-state index contributed by atoms with van der Waals surface area (Å²) in [4.78, 5) is 21.1. The maximum atomic E-state index is 12.1. The molecule has 0 radical (unpaired) electrons. The molecule has 1 aromatic carbocycles. The molecule has 0 bridgehead atoms. The van der Waals surface area contributed by atoms with Crippen LogP contribution in [-0.4, -0.2) is 75.6 Å². The van der Waals surface area contributed by atoms with Gasteiger partial charge in [0, 0.05) is 38.2 Å². The van der Waals surface area contributed by atoms with E-state index in [0.717, 1.165) is 69.1 Å². The van der Waals surface area contributed by atoms with Gasteiger partial charge < -0.3 is 25.2 Å². The minimum absolute atomic E-state index is 0.117. The number of hydrogen-bond acceptors (Lipinski definition) is 4. The molecule has 1 aliphatic heterocycles. The molecule has 7 heteroatoms. The molecule has 0 aromatic heterocycles. The van der Waals surface area contributed by atoms with Gasteiger partial charge in [0.05, 0.1) is 19.7 Å². The first kappa shape index (κ1) is 24.0. The van der Waals surface area contributed by atoms with Gasteiger partial charge in [0.25, 0.3) is 0 Å². The standard InChI is InChI=1S/C23H39N5O2/c1-5-24-23(25-15-11-17-28-16-10-6-7-14-22(28)29)26-18-20(27(2)3)19-12-8-9-13-21(19)30-4/h8-9,12-13,20H,5-7,10-11,14-18H2,1-4H3,(H2,24,25,26). The second-order valence-electron chi connectivity index (χ2n) is 7.91. The topological polar surface area (TPSA) is 69.2 Å². The number of rotatable bonds is 10. The molecule has 0 spiro atoms. The Hall–Kier alpha value is -2.28. The van der Waals surface area contributed by atoms with Crippen LogP contribution in [0.2, 0.25) is 0 Å². The van der Waals surface area contributed by atoms with E-state index in [1.165, 1.54) is 0 Å². The van der Waals surface area contributed by atoms with E-state index in [1.807, 2.05) is 23.1 Å². The van der Waals surface area contributed by atoms with Crippen molar-refractivity contribution < 1.29 is 9.53 Å². The maximum Gasteiger partial charge on any atom is 0.222 e. The van der Waals surface area contributed by atoms with Crippen LogP contribution in [0.4, 0.5) is 0 Å². The van der Waals surface area contributed by atoms with Gasteiger partial charge >= 0.3 is 0 Å². The summed E-state index contributed by atoms with van der Waals surface area (Å²) in [6.45, 7) is 5.99. The minimum Gasteiger partial charge on any atom is -0.496 e. The first-order valence-electron chi connectivity index (χ1n) is 11.2. The lowest BCUT2D eigenvalue weighted by atomic mass is 10.0. The molecule has 2 rings (SSSR count). The zero-order valence-corrected chi connectivity index (χ0v) is 19.1. The molecule has 2 N–H and O–H groups in total. The quantitative estimate of drug-likeness (QED) is 0.348. The van der Waals surface area contributed by atoms with Crippen LogP contribution >= 0.6 is 0 Å². The van der Waals surface area contributed by atoms with Crippen LogP contribution in [-0.2, 0) is 4.79 Å². The highest BCUT2D eigenvalue weighted by molar-refractivity contribution is 5.79. The second-order valence-corrected chi connectivity index (χ2v) is 7.91. The van der Waals surface area contributed by atoms with Gasteiger partial charge in [-0.15, -0.1) is 0 Å². The molecule has 1 saturated heterocycles. The highest BCUT2D eigenvalue weighted by atomic mass is 16.5. The molecule has 0 aliphatic carbocycles. The first-order valence-corrected chi connectivity index (χ1v) is 11.2. The van der Waals surface area contributed by atoms with Crippen molar-refractivity contribution >= 4 is 11.9 Å². The normalized spacial score (nSPS) is 16.4. The smallest absolute Gasteiger partial charge is 0.222 e. The number of methoxy groups -OCH3 is 1. The van der Waals surface area contributed by atoms with Gasteiger partial charge in [0.2, 0.25) is 5.91 Å². The Balaban J connectivity index is 1.92. The average molecular weight is 418 g/mol. The van der Waals surface area contributed by atoms with Crippen molar-refractivity contribution in [3.05, 3.63) is 29.8 Å². The molecule has 7 nitrogen and oxygen atoms in total. The van der Waals surface area contributed by atoms with Crippen LogP contribution < -0.4 is 15.4 Å². The summed E-state index contributed by atoms with van der Waals surface area (Å²) in [5, 5.41) is 6.74. The lowest BCUT2D eigenvalue weighted by Crippen LogP contribution is -2.40. The van der Waals surface area contributed by atoms with E-state index >= 15 is 0 Å². The molecular formula is C23H39N5O2. The number of benzene rings is 1. The Morgan fingerprint density at radius 3 is 2.77 bits per heavy atom. The number of likely N-dealkylation sites (N-methyl/N-ethyl adjacent to an activating group) is 1. The summed E-state index contributed by atoms with van der Waals surface area (Å²) in [5.41, 5.74) is 1.13. The number of ether oxygens (including phenoxy) is 1. The number of likely N-dealkylation sites (tertiary alicyclic amines) is 1. The highest BCUT2D eigenvalue weighted by Crippen LogP contribution is 2.28. The van der Waals surface area contributed by atoms with Crippen molar-refractivity contribution in [3.63, 3.8) is 0 Å². The number of hydrogen-bond donors (Lipinski definition) is 2. The third-order valence-electron chi connectivity index (χ3n) is 5.46. The van der Waals surface area contributed by atoms with E-state index in [-0.39, 0.29) is 6.04 Å². The summed E-state index contributed by atoms with van der Waals surface area (Å²) >= 11 is 0. The number of nitrogens with one attached hydrogen (secondary N) is 2. The molecule has 1 fully saturated rings. The SMILES string of the molecule is CCNC(=NCC(c1ccccc1OC)N(C)C)NCCCN1CCCCCC1=O. The van der Waals surface area contributed by atoms with E-state index in [4.69, 9.17) is 9.73 Å². The van der Waals surface area contributed by atoms with Crippen molar-refractivity contribution in [2.75, 3.05) is 53.9 Å². The fraction of sp³-hybridized carbons (Fsp3) is 0.652. The van der Waals surface area contributed by atoms with Crippen LogP contribution in [0, 0.1) is 0 Å². The van der Waals surface area contributed by atoms with E-state index in [1.54, 1.807) is 7.11 Å². The predicted molar refractivity (Wildman–Crippen MR) is 123 cm³/mol. The molecule has 30 heavy (non-hydrogen) atoms. The van der Waals surface area contributed by atoms with Gasteiger partial charge in [-0.3, -0.25) is 9.79 Å². The van der Waals surface area contributed by atoms with Gasteiger partial charge in [-0.05, 0) is 46.3 Å². The number of amides is 1. The minimum atomic E-state index is 0.117. The predicted octanol–water partition coefficient (Wildman–Crippen LogP) is 2.65. The summed E-state index contributed by atoms with van der Waals surface area (Å²) in [5.74, 6) is 1.99. The number of carbonyl (C=O) groups excluding carboxylic acids is 1. The Kier molecular flexibility index (Phi) is 10.5. The summed E-state index contributed by atoms with van der Waals surface area (Å²) in [6, 6.07) is 8.22. The fourth-order valence-corrected chi connectivity index (χ4v) is 3.75. The monoisotopic (exact) mass is 417 g/mol. The van der Waals surface area contributed by atoms with Gasteiger partial charge in [0.15, 0.2) is 5.96 Å². The van der Waals surface area contributed by atoms with Gasteiger partial charge in [-0.1, -0.05) is 24.6 Å². The molecule has 1 atom stereocenters. The van der Waals surface area contributed by atoms with E-state index in [0.29, 0.717) is 18.9 Å². The lowest BCUT2D eigenvalue weighted by Gasteiger charge is -2.25. The molecule has 1 aliphatic rings. The van der Waals surface area contributed by atoms with E-state index < -0.39 is 0 Å². The zero-order valence-electron chi connectivity index (χ0n) is 19.1. The van der Waals surface area contributed by atoms with Crippen LogP contribution in [0.1, 0.15) is 50.6 Å². The van der Waals surface area contributed by atoms with Crippen LogP contribution in [0.25, 0.3) is 0 Å². The Labute approximate surface area is 181 Å². The number of guanidine groups is 1. The fourth-order valence-electron chi connectivity index (χ4n) is 3.75. The zero-order chi connectivity index (χ0) is 21.8. The van der Waals surface area contributed by atoms with E-state index in [2.05, 4.69) is 42.6 Å². The third kappa shape index (κ3) is 7.52. The van der Waals surface area contributed by atoms with Crippen LogP contribution in [0.15, 0.2) is 29.3 Å². The first-order chi connectivity index (χ1) is 14.6. The summed E-state index contributed by atoms with van der Waals surface area (Å²) in [7, 11) is 5.83. The molecule has 168 valence electrons. The van der Waals surface area contributed by atoms with Crippen molar-refractivity contribution in [3.8, 4) is 5.75 Å².